The first-order valence-electron chi connectivity index (χ1n) is 5.87. The van der Waals surface area contributed by atoms with Crippen molar-refractivity contribution in [2.45, 2.75) is 12.0 Å². The van der Waals surface area contributed by atoms with Crippen molar-refractivity contribution in [3.63, 3.8) is 0 Å². The number of aromatic nitrogens is 1. The van der Waals surface area contributed by atoms with Crippen LogP contribution in [0.15, 0.2) is 30.5 Å². The molecule has 0 saturated carbocycles. The number of anilines is 1. The summed E-state index contributed by atoms with van der Waals surface area (Å²) in [4.78, 5) is 27.4. The van der Waals surface area contributed by atoms with Gasteiger partial charge in [-0.3, -0.25) is 4.79 Å². The second-order valence-corrected chi connectivity index (χ2v) is 4.62. The van der Waals surface area contributed by atoms with Crippen LogP contribution in [0.3, 0.4) is 0 Å². The summed E-state index contributed by atoms with van der Waals surface area (Å²) in [5.41, 5.74) is -0.772. The van der Waals surface area contributed by atoms with Gasteiger partial charge in [0.05, 0.1) is 0 Å². The molecule has 6 heteroatoms. The molecular weight excluding hydrogens is 248 g/mol. The molecule has 3 N–H and O–H groups in total. The second kappa shape index (κ2) is 3.83. The fourth-order valence-corrected chi connectivity index (χ4v) is 2.36. The normalized spacial score (nSPS) is 23.2. The van der Waals surface area contributed by atoms with Gasteiger partial charge in [-0.1, -0.05) is 0 Å². The number of benzene rings is 1. The van der Waals surface area contributed by atoms with Gasteiger partial charge in [-0.25, -0.2) is 4.79 Å². The van der Waals surface area contributed by atoms with Gasteiger partial charge in [0.15, 0.2) is 0 Å². The number of amides is 1. The first-order chi connectivity index (χ1) is 9.02. The van der Waals surface area contributed by atoms with E-state index in [1.165, 1.54) is 4.90 Å². The third-order valence-electron chi connectivity index (χ3n) is 3.50. The van der Waals surface area contributed by atoms with E-state index in [4.69, 9.17) is 5.11 Å². The molecule has 0 bridgehead atoms. The Morgan fingerprint density at radius 3 is 2.84 bits per heavy atom. The number of carbonyl (C=O) groups is 2. The maximum absolute atomic E-state index is 12.0. The fourth-order valence-electron chi connectivity index (χ4n) is 2.36. The molecule has 1 aliphatic heterocycles. The summed E-state index contributed by atoms with van der Waals surface area (Å²) in [5, 5.41) is 19.7. The SMILES string of the molecule is O=C(O)C1(O)CCN(c2ccc3[nH]ccc3c2)C1=O. The number of fused-ring (bicyclic) bond motifs is 1. The Labute approximate surface area is 108 Å². The average Bonchev–Trinajstić information content (AvgIpc) is 2.95. The van der Waals surface area contributed by atoms with E-state index in [0.29, 0.717) is 5.69 Å². The average molecular weight is 260 g/mol. The molecule has 1 aliphatic rings. The van der Waals surface area contributed by atoms with Gasteiger partial charge in [0.25, 0.3) is 5.91 Å². The molecule has 1 atom stereocenters. The van der Waals surface area contributed by atoms with E-state index in [2.05, 4.69) is 4.98 Å². The lowest BCUT2D eigenvalue weighted by Crippen LogP contribution is -2.46. The maximum Gasteiger partial charge on any atom is 0.345 e. The lowest BCUT2D eigenvalue weighted by Gasteiger charge is -2.19. The highest BCUT2D eigenvalue weighted by Gasteiger charge is 2.52. The number of nitrogens with one attached hydrogen (secondary N) is 1. The van der Waals surface area contributed by atoms with Crippen LogP contribution < -0.4 is 4.90 Å². The lowest BCUT2D eigenvalue weighted by atomic mass is 10.0. The molecule has 0 spiro atoms. The van der Waals surface area contributed by atoms with Gasteiger partial charge in [-0.2, -0.15) is 0 Å². The molecule has 3 rings (SSSR count). The lowest BCUT2D eigenvalue weighted by molar-refractivity contribution is -0.162. The molecule has 2 aromatic rings. The number of rotatable bonds is 2. The van der Waals surface area contributed by atoms with Crippen LogP contribution in [0, 0.1) is 0 Å². The van der Waals surface area contributed by atoms with Crippen molar-refractivity contribution in [1.82, 2.24) is 4.98 Å². The first-order valence-corrected chi connectivity index (χ1v) is 5.87. The van der Waals surface area contributed by atoms with E-state index >= 15 is 0 Å². The molecule has 1 amide bonds. The van der Waals surface area contributed by atoms with Gasteiger partial charge in [0, 0.05) is 35.8 Å². The summed E-state index contributed by atoms with van der Waals surface area (Å²) >= 11 is 0. The molecule has 1 unspecified atom stereocenters. The van der Waals surface area contributed by atoms with Crippen LogP contribution in [-0.2, 0) is 9.59 Å². The monoisotopic (exact) mass is 260 g/mol. The molecule has 0 aliphatic carbocycles. The van der Waals surface area contributed by atoms with Crippen LogP contribution >= 0.6 is 0 Å². The number of carbonyl (C=O) groups excluding carboxylic acids is 1. The Kier molecular flexibility index (Phi) is 2.36. The van der Waals surface area contributed by atoms with E-state index in [0.717, 1.165) is 10.9 Å². The number of nitrogens with zero attached hydrogens (tertiary/aromatic N) is 1. The zero-order chi connectivity index (χ0) is 13.6. The summed E-state index contributed by atoms with van der Waals surface area (Å²) in [6.07, 6.45) is 1.68. The Bertz CT molecular complexity index is 678. The molecular formula is C13H12N2O4. The van der Waals surface area contributed by atoms with Gasteiger partial charge in [-0.15, -0.1) is 0 Å². The van der Waals surface area contributed by atoms with Crippen LogP contribution in [0.4, 0.5) is 5.69 Å². The zero-order valence-corrected chi connectivity index (χ0v) is 9.96. The Hall–Kier alpha value is -2.34. The molecule has 1 aromatic carbocycles. The minimum atomic E-state index is -2.30. The van der Waals surface area contributed by atoms with E-state index in [1.807, 2.05) is 12.1 Å². The van der Waals surface area contributed by atoms with Crippen molar-refractivity contribution in [3.8, 4) is 0 Å². The second-order valence-electron chi connectivity index (χ2n) is 4.62. The molecule has 1 fully saturated rings. The molecule has 19 heavy (non-hydrogen) atoms. The highest BCUT2D eigenvalue weighted by Crippen LogP contribution is 2.30. The third kappa shape index (κ3) is 1.61. The largest absolute Gasteiger partial charge is 0.479 e. The molecule has 1 aromatic heterocycles. The Balaban J connectivity index is 1.99. The number of aromatic amines is 1. The van der Waals surface area contributed by atoms with Crippen molar-refractivity contribution >= 4 is 28.5 Å². The number of aliphatic hydroxyl groups is 1. The van der Waals surface area contributed by atoms with Crippen molar-refractivity contribution in [2.24, 2.45) is 0 Å². The van der Waals surface area contributed by atoms with Crippen molar-refractivity contribution in [3.05, 3.63) is 30.5 Å². The topological polar surface area (TPSA) is 93.6 Å². The molecule has 0 radical (unpaired) electrons. The van der Waals surface area contributed by atoms with Crippen LogP contribution in [0.25, 0.3) is 10.9 Å². The Morgan fingerprint density at radius 2 is 2.16 bits per heavy atom. The Morgan fingerprint density at radius 1 is 1.37 bits per heavy atom. The number of hydrogen-bond donors (Lipinski definition) is 3. The number of carboxylic acids is 1. The number of hydrogen-bond acceptors (Lipinski definition) is 3. The standard InChI is InChI=1S/C13H12N2O4/c16-11-13(19,12(17)18)4-6-15(11)9-1-2-10-8(7-9)3-5-14-10/h1-3,5,7,14,19H,4,6H2,(H,17,18). The summed E-state index contributed by atoms with van der Waals surface area (Å²) < 4.78 is 0. The molecule has 1 saturated heterocycles. The van der Waals surface area contributed by atoms with E-state index in [-0.39, 0.29) is 13.0 Å². The van der Waals surface area contributed by atoms with E-state index in [1.54, 1.807) is 18.3 Å². The van der Waals surface area contributed by atoms with Crippen LogP contribution in [0.5, 0.6) is 0 Å². The van der Waals surface area contributed by atoms with Gasteiger partial charge in [-0.05, 0) is 24.3 Å². The minimum absolute atomic E-state index is 0.105. The summed E-state index contributed by atoms with van der Waals surface area (Å²) in [6.45, 7) is 0.192. The number of carboxylic acid groups (broad SMARTS) is 1. The summed E-state index contributed by atoms with van der Waals surface area (Å²) in [5.74, 6) is -2.28. The quantitative estimate of drug-likeness (QED) is 0.693. The summed E-state index contributed by atoms with van der Waals surface area (Å²) in [6, 6.07) is 7.19. The van der Waals surface area contributed by atoms with Gasteiger partial charge >= 0.3 is 5.97 Å². The highest BCUT2D eigenvalue weighted by atomic mass is 16.4. The van der Waals surface area contributed by atoms with Gasteiger partial charge < -0.3 is 20.1 Å². The molecule has 2 heterocycles. The van der Waals surface area contributed by atoms with E-state index in [9.17, 15) is 14.7 Å². The van der Waals surface area contributed by atoms with Crippen molar-refractivity contribution < 1.29 is 19.8 Å². The zero-order valence-electron chi connectivity index (χ0n) is 9.96. The third-order valence-corrected chi connectivity index (χ3v) is 3.50. The fraction of sp³-hybridized carbons (Fsp3) is 0.231. The highest BCUT2D eigenvalue weighted by molar-refractivity contribution is 6.14. The predicted molar refractivity (Wildman–Crippen MR) is 67.9 cm³/mol. The summed E-state index contributed by atoms with van der Waals surface area (Å²) in [7, 11) is 0. The smallest absolute Gasteiger partial charge is 0.345 e. The predicted octanol–water partition coefficient (Wildman–Crippen LogP) is 0.720. The van der Waals surface area contributed by atoms with Gasteiger partial charge in [0.2, 0.25) is 5.60 Å². The first kappa shape index (κ1) is 11.7. The van der Waals surface area contributed by atoms with Crippen molar-refractivity contribution in [1.29, 1.82) is 0 Å². The molecule has 98 valence electrons. The van der Waals surface area contributed by atoms with Crippen LogP contribution in [-0.4, -0.2) is 39.2 Å². The van der Waals surface area contributed by atoms with Gasteiger partial charge in [0.1, 0.15) is 0 Å². The van der Waals surface area contributed by atoms with Crippen molar-refractivity contribution in [2.75, 3.05) is 11.4 Å². The number of aliphatic carboxylic acids is 1. The van der Waals surface area contributed by atoms with Crippen LogP contribution in [0.1, 0.15) is 6.42 Å². The number of H-pyrrole nitrogens is 1. The maximum atomic E-state index is 12.0. The van der Waals surface area contributed by atoms with Crippen LogP contribution in [0.2, 0.25) is 0 Å². The molecule has 6 nitrogen and oxygen atoms in total. The minimum Gasteiger partial charge on any atom is -0.479 e. The van der Waals surface area contributed by atoms with E-state index < -0.39 is 17.5 Å².